The highest BCUT2D eigenvalue weighted by molar-refractivity contribution is 5.81. The zero-order valence-corrected chi connectivity index (χ0v) is 11.3. The highest BCUT2D eigenvalue weighted by Crippen LogP contribution is 2.40. The van der Waals surface area contributed by atoms with Gasteiger partial charge in [-0.25, -0.2) is 4.79 Å². The molecular formula is C14H17NO5. The Labute approximate surface area is 116 Å². The molecule has 1 fully saturated rings. The molecule has 1 aromatic rings. The molecule has 0 amide bonds. The van der Waals surface area contributed by atoms with Crippen molar-refractivity contribution in [2.24, 2.45) is 11.7 Å². The van der Waals surface area contributed by atoms with Crippen LogP contribution in [0.3, 0.4) is 0 Å². The molecule has 108 valence electrons. The van der Waals surface area contributed by atoms with Crippen LogP contribution in [0.2, 0.25) is 0 Å². The quantitative estimate of drug-likeness (QED) is 0.812. The first-order valence-corrected chi connectivity index (χ1v) is 6.53. The van der Waals surface area contributed by atoms with E-state index in [-0.39, 0.29) is 19.3 Å². The Morgan fingerprint density at radius 1 is 1.40 bits per heavy atom. The van der Waals surface area contributed by atoms with Crippen LogP contribution in [-0.4, -0.2) is 32.0 Å². The first kappa shape index (κ1) is 13.1. The van der Waals surface area contributed by atoms with Gasteiger partial charge in [0.05, 0.1) is 7.11 Å². The summed E-state index contributed by atoms with van der Waals surface area (Å²) in [6.45, 7) is 0.299. The number of carbonyl (C=O) groups is 1. The molecular weight excluding hydrogens is 262 g/mol. The molecule has 6 heteroatoms. The van der Waals surface area contributed by atoms with Crippen LogP contribution >= 0.6 is 0 Å². The van der Waals surface area contributed by atoms with Crippen molar-refractivity contribution in [3.63, 3.8) is 0 Å². The molecule has 0 spiro atoms. The van der Waals surface area contributed by atoms with Crippen LogP contribution < -0.4 is 19.9 Å². The normalized spacial score (nSPS) is 19.3. The lowest BCUT2D eigenvalue weighted by Gasteiger charge is -2.26. The van der Waals surface area contributed by atoms with Crippen LogP contribution in [0.1, 0.15) is 12.8 Å². The highest BCUT2D eigenvalue weighted by atomic mass is 16.7. The zero-order valence-electron chi connectivity index (χ0n) is 11.3. The summed E-state index contributed by atoms with van der Waals surface area (Å²) in [5, 5.41) is 0. The number of methoxy groups -OCH3 is 1. The number of nitrogens with two attached hydrogens (primary N) is 1. The molecule has 0 saturated heterocycles. The Bertz CT molecular complexity index is 528. The molecule has 1 aliphatic heterocycles. The predicted octanol–water partition coefficient (Wildman–Crippen LogP) is 1.07. The fourth-order valence-electron chi connectivity index (χ4n) is 2.30. The van der Waals surface area contributed by atoms with E-state index in [1.54, 1.807) is 18.2 Å². The predicted molar refractivity (Wildman–Crippen MR) is 69.7 cm³/mol. The third-order valence-electron chi connectivity index (χ3n) is 3.69. The summed E-state index contributed by atoms with van der Waals surface area (Å²) in [5.74, 6) is 1.61. The minimum absolute atomic E-state index is 0.0873. The number of benzene rings is 1. The molecule has 3 rings (SSSR count). The van der Waals surface area contributed by atoms with E-state index in [4.69, 9.17) is 24.7 Å². The first-order valence-electron chi connectivity index (χ1n) is 6.53. The van der Waals surface area contributed by atoms with Crippen molar-refractivity contribution in [2.45, 2.75) is 18.4 Å². The smallest absolute Gasteiger partial charge is 0.329 e. The Morgan fingerprint density at radius 2 is 2.15 bits per heavy atom. The Morgan fingerprint density at radius 3 is 2.85 bits per heavy atom. The van der Waals surface area contributed by atoms with Gasteiger partial charge in [-0.1, -0.05) is 0 Å². The fraction of sp³-hybridized carbons (Fsp3) is 0.500. The van der Waals surface area contributed by atoms with Crippen LogP contribution in [0.25, 0.3) is 0 Å². The maximum absolute atomic E-state index is 11.9. The number of carbonyl (C=O) groups excluding carboxylic acids is 1. The molecule has 1 saturated carbocycles. The van der Waals surface area contributed by atoms with Crippen LogP contribution in [0, 0.1) is 5.92 Å². The maximum Gasteiger partial charge on any atom is 0.329 e. The van der Waals surface area contributed by atoms with Gasteiger partial charge in [0.25, 0.3) is 0 Å². The summed E-state index contributed by atoms with van der Waals surface area (Å²) >= 11 is 0. The Hall–Kier alpha value is -1.95. The lowest BCUT2D eigenvalue weighted by Crippen LogP contribution is -2.55. The van der Waals surface area contributed by atoms with Gasteiger partial charge in [-0.15, -0.1) is 0 Å². The average molecular weight is 279 g/mol. The van der Waals surface area contributed by atoms with E-state index in [0.29, 0.717) is 17.2 Å². The van der Waals surface area contributed by atoms with Crippen molar-refractivity contribution in [2.75, 3.05) is 20.5 Å². The van der Waals surface area contributed by atoms with Gasteiger partial charge in [-0.2, -0.15) is 0 Å². The minimum Gasteiger partial charge on any atom is -0.491 e. The van der Waals surface area contributed by atoms with E-state index in [0.717, 1.165) is 12.8 Å². The number of ether oxygens (including phenoxy) is 4. The van der Waals surface area contributed by atoms with Gasteiger partial charge >= 0.3 is 5.97 Å². The maximum atomic E-state index is 11.9. The van der Waals surface area contributed by atoms with Gasteiger partial charge in [0, 0.05) is 6.07 Å². The number of fused-ring (bicyclic) bond motifs is 1. The molecule has 20 heavy (non-hydrogen) atoms. The molecule has 1 unspecified atom stereocenters. The van der Waals surface area contributed by atoms with E-state index in [2.05, 4.69) is 0 Å². The molecule has 2 aliphatic rings. The van der Waals surface area contributed by atoms with Gasteiger partial charge < -0.3 is 24.7 Å². The molecule has 1 heterocycles. The third-order valence-corrected chi connectivity index (χ3v) is 3.69. The second-order valence-corrected chi connectivity index (χ2v) is 5.11. The molecule has 0 bridgehead atoms. The summed E-state index contributed by atoms with van der Waals surface area (Å²) in [4.78, 5) is 11.9. The minimum atomic E-state index is -1.08. The van der Waals surface area contributed by atoms with Crippen molar-refractivity contribution in [3.8, 4) is 17.2 Å². The Balaban J connectivity index is 1.70. The summed E-state index contributed by atoms with van der Waals surface area (Å²) in [6, 6.07) is 5.26. The van der Waals surface area contributed by atoms with E-state index in [9.17, 15) is 4.79 Å². The van der Waals surface area contributed by atoms with Crippen molar-refractivity contribution in [1.82, 2.24) is 0 Å². The summed E-state index contributed by atoms with van der Waals surface area (Å²) in [7, 11) is 1.34. The monoisotopic (exact) mass is 279 g/mol. The topological polar surface area (TPSA) is 80.0 Å². The van der Waals surface area contributed by atoms with Crippen molar-refractivity contribution < 1.29 is 23.7 Å². The van der Waals surface area contributed by atoms with Crippen LogP contribution in [-0.2, 0) is 9.53 Å². The number of rotatable bonds is 5. The summed E-state index contributed by atoms with van der Waals surface area (Å²) in [6.07, 6.45) is 1.85. The second-order valence-electron chi connectivity index (χ2n) is 5.11. The van der Waals surface area contributed by atoms with Crippen molar-refractivity contribution in [1.29, 1.82) is 0 Å². The van der Waals surface area contributed by atoms with Crippen molar-refractivity contribution >= 4 is 5.97 Å². The largest absolute Gasteiger partial charge is 0.491 e. The van der Waals surface area contributed by atoms with E-state index in [1.807, 2.05) is 0 Å². The van der Waals surface area contributed by atoms with Crippen LogP contribution in [0.15, 0.2) is 18.2 Å². The number of hydrogen-bond donors (Lipinski definition) is 1. The summed E-state index contributed by atoms with van der Waals surface area (Å²) < 4.78 is 21.0. The molecule has 0 aromatic heterocycles. The highest BCUT2D eigenvalue weighted by Gasteiger charge is 2.49. The van der Waals surface area contributed by atoms with E-state index >= 15 is 0 Å². The molecule has 1 aliphatic carbocycles. The lowest BCUT2D eigenvalue weighted by molar-refractivity contribution is -0.149. The van der Waals surface area contributed by atoms with Gasteiger partial charge in [-0.05, 0) is 30.9 Å². The van der Waals surface area contributed by atoms with Gasteiger partial charge in [0.15, 0.2) is 17.0 Å². The lowest BCUT2D eigenvalue weighted by atomic mass is 9.96. The molecule has 1 aromatic carbocycles. The molecule has 2 N–H and O–H groups in total. The summed E-state index contributed by atoms with van der Waals surface area (Å²) in [5.41, 5.74) is 5.08. The third kappa shape index (κ3) is 2.27. The van der Waals surface area contributed by atoms with Crippen LogP contribution in [0.4, 0.5) is 0 Å². The average Bonchev–Trinajstić information content (AvgIpc) is 3.22. The second kappa shape index (κ2) is 4.86. The fourth-order valence-corrected chi connectivity index (χ4v) is 2.30. The van der Waals surface area contributed by atoms with E-state index < -0.39 is 11.5 Å². The van der Waals surface area contributed by atoms with Crippen LogP contribution in [0.5, 0.6) is 17.2 Å². The first-order chi connectivity index (χ1) is 9.63. The molecule has 0 radical (unpaired) electrons. The standard InChI is InChI=1S/C14H17NO5/c1-17-13(16)14(15,9-2-3-9)7-18-10-4-5-11-12(6-10)20-8-19-11/h4-6,9H,2-3,7-8,15H2,1H3. The van der Waals surface area contributed by atoms with Gasteiger partial charge in [-0.3, -0.25) is 0 Å². The zero-order chi connectivity index (χ0) is 14.2. The van der Waals surface area contributed by atoms with Crippen molar-refractivity contribution in [3.05, 3.63) is 18.2 Å². The van der Waals surface area contributed by atoms with Gasteiger partial charge in [0.2, 0.25) is 6.79 Å². The number of esters is 1. The van der Waals surface area contributed by atoms with E-state index in [1.165, 1.54) is 7.11 Å². The SMILES string of the molecule is COC(=O)C(N)(COc1ccc2c(c1)OCO2)C1CC1. The molecule has 6 nitrogen and oxygen atoms in total. The molecule has 1 atom stereocenters. The van der Waals surface area contributed by atoms with Gasteiger partial charge in [0.1, 0.15) is 12.4 Å². The number of hydrogen-bond acceptors (Lipinski definition) is 6. The Kier molecular flexibility index (Phi) is 3.17.